The van der Waals surface area contributed by atoms with Gasteiger partial charge in [-0.2, -0.15) is 0 Å². The fourth-order valence-electron chi connectivity index (χ4n) is 4.47. The summed E-state index contributed by atoms with van der Waals surface area (Å²) in [6, 6.07) is 5.10. The average Bonchev–Trinajstić information content (AvgIpc) is 2.91. The highest BCUT2D eigenvalue weighted by Gasteiger charge is 2.35. The number of carbonyl (C=O) groups is 2. The third-order valence-corrected chi connectivity index (χ3v) is 6.88. The molecule has 2 amide bonds. The second-order valence-corrected chi connectivity index (χ2v) is 9.60. The summed E-state index contributed by atoms with van der Waals surface area (Å²) in [6.07, 6.45) is 4.67. The van der Waals surface area contributed by atoms with Gasteiger partial charge in [0.1, 0.15) is 11.7 Å². The Hall–Kier alpha value is -3.08. The molecule has 0 spiro atoms. The molecule has 36 heavy (non-hydrogen) atoms. The summed E-state index contributed by atoms with van der Waals surface area (Å²) in [4.78, 5) is 40.5. The molecule has 3 atom stereocenters. The van der Waals surface area contributed by atoms with Gasteiger partial charge in [-0.25, -0.2) is 4.98 Å². The van der Waals surface area contributed by atoms with Crippen LogP contribution in [0.2, 0.25) is 0 Å². The Bertz CT molecular complexity index is 1050. The van der Waals surface area contributed by atoms with Gasteiger partial charge in [0.25, 0.3) is 5.91 Å². The number of pyridine rings is 2. The van der Waals surface area contributed by atoms with E-state index in [1.165, 1.54) is 0 Å². The highest BCUT2D eigenvalue weighted by atomic mass is 16.5. The fourth-order valence-corrected chi connectivity index (χ4v) is 4.47. The van der Waals surface area contributed by atoms with E-state index in [2.05, 4.69) is 14.9 Å². The number of aromatic nitrogens is 2. The number of fused-ring (bicyclic) bond motifs is 1. The molecule has 2 aromatic rings. The number of hydrogen-bond acceptors (Lipinski definition) is 8. The van der Waals surface area contributed by atoms with Crippen LogP contribution in [0.25, 0.3) is 11.1 Å². The van der Waals surface area contributed by atoms with E-state index >= 15 is 0 Å². The van der Waals surface area contributed by atoms with Crippen molar-refractivity contribution < 1.29 is 24.2 Å². The van der Waals surface area contributed by atoms with Crippen LogP contribution in [0.15, 0.2) is 36.8 Å². The maximum absolute atomic E-state index is 13.6. The predicted molar refractivity (Wildman–Crippen MR) is 134 cm³/mol. The maximum Gasteiger partial charge on any atom is 0.259 e. The highest BCUT2D eigenvalue weighted by molar-refractivity contribution is 5.98. The summed E-state index contributed by atoms with van der Waals surface area (Å²) in [7, 11) is 1.78. The van der Waals surface area contributed by atoms with Crippen LogP contribution in [-0.2, 0) is 9.53 Å². The van der Waals surface area contributed by atoms with E-state index in [-0.39, 0.29) is 42.4 Å². The van der Waals surface area contributed by atoms with Gasteiger partial charge in [-0.1, -0.05) is 6.92 Å². The Morgan fingerprint density at radius 2 is 1.97 bits per heavy atom. The molecule has 2 aromatic heterocycles. The number of ether oxygens (including phenoxy) is 2. The Labute approximate surface area is 211 Å². The Morgan fingerprint density at radius 3 is 2.67 bits per heavy atom. The molecule has 0 aliphatic carbocycles. The number of aliphatic hydroxyl groups is 1. The summed E-state index contributed by atoms with van der Waals surface area (Å²) in [5, 5.41) is 9.86. The minimum absolute atomic E-state index is 0.00707. The van der Waals surface area contributed by atoms with Gasteiger partial charge < -0.3 is 24.4 Å². The normalized spacial score (nSPS) is 21.7. The molecule has 2 aliphatic heterocycles. The van der Waals surface area contributed by atoms with Gasteiger partial charge in [0.2, 0.25) is 11.8 Å². The van der Waals surface area contributed by atoms with Gasteiger partial charge in [0.15, 0.2) is 0 Å². The third kappa shape index (κ3) is 6.00. The second kappa shape index (κ2) is 11.8. The lowest BCUT2D eigenvalue weighted by Crippen LogP contribution is -2.51. The summed E-state index contributed by atoms with van der Waals surface area (Å²) in [5.41, 5.74) is 1.99. The van der Waals surface area contributed by atoms with Gasteiger partial charge in [-0.3, -0.25) is 19.5 Å². The van der Waals surface area contributed by atoms with E-state index in [1.807, 2.05) is 26.0 Å². The lowest BCUT2D eigenvalue weighted by Gasteiger charge is -2.38. The van der Waals surface area contributed by atoms with Crippen molar-refractivity contribution in [2.45, 2.75) is 26.0 Å². The molecular weight excluding hydrogens is 462 g/mol. The first-order valence-electron chi connectivity index (χ1n) is 12.4. The molecule has 4 rings (SSSR count). The van der Waals surface area contributed by atoms with Crippen LogP contribution in [0.4, 0.5) is 0 Å². The van der Waals surface area contributed by atoms with E-state index in [1.54, 1.807) is 41.5 Å². The smallest absolute Gasteiger partial charge is 0.259 e. The molecule has 0 radical (unpaired) electrons. The monoisotopic (exact) mass is 497 g/mol. The number of morpholine rings is 1. The number of rotatable bonds is 7. The minimum Gasteiger partial charge on any atom is -0.472 e. The van der Waals surface area contributed by atoms with Gasteiger partial charge in [0.05, 0.1) is 39.0 Å². The first kappa shape index (κ1) is 26.0. The van der Waals surface area contributed by atoms with Crippen molar-refractivity contribution in [3.05, 3.63) is 42.4 Å². The van der Waals surface area contributed by atoms with Crippen LogP contribution >= 0.6 is 0 Å². The number of likely N-dealkylation sites (N-methyl/N-ethyl adjacent to an activating group) is 1. The average molecular weight is 498 g/mol. The highest BCUT2D eigenvalue weighted by Crippen LogP contribution is 2.30. The van der Waals surface area contributed by atoms with Crippen LogP contribution in [0.5, 0.6) is 5.88 Å². The lowest BCUT2D eigenvalue weighted by atomic mass is 9.99. The topological polar surface area (TPSA) is 108 Å². The molecule has 0 unspecified atom stereocenters. The zero-order chi connectivity index (χ0) is 25.7. The third-order valence-electron chi connectivity index (χ3n) is 6.88. The molecule has 0 saturated carbocycles. The molecule has 0 aromatic carbocycles. The molecule has 4 heterocycles. The Morgan fingerprint density at radius 1 is 1.25 bits per heavy atom. The zero-order valence-electron chi connectivity index (χ0n) is 21.2. The summed E-state index contributed by atoms with van der Waals surface area (Å²) in [5.74, 6) is -0.0976. The van der Waals surface area contributed by atoms with Crippen molar-refractivity contribution in [1.29, 1.82) is 0 Å². The van der Waals surface area contributed by atoms with Crippen LogP contribution in [0.3, 0.4) is 0 Å². The number of carbonyl (C=O) groups excluding carboxylic acids is 2. The Balaban J connectivity index is 1.59. The van der Waals surface area contributed by atoms with Crippen molar-refractivity contribution in [2.24, 2.45) is 5.92 Å². The summed E-state index contributed by atoms with van der Waals surface area (Å²) >= 11 is 0. The van der Waals surface area contributed by atoms with Crippen molar-refractivity contribution in [3.8, 4) is 17.0 Å². The Kier molecular flexibility index (Phi) is 8.50. The number of amides is 2. The first-order chi connectivity index (χ1) is 17.4. The SMILES string of the molecule is C[C@H](CO)N1C[C@H](C)[C@@H](CN(C)C(=O)CN2CCOCC2)Oc2ncc(-c3ccncc3)cc2C1=O. The van der Waals surface area contributed by atoms with Crippen molar-refractivity contribution in [3.63, 3.8) is 0 Å². The predicted octanol–water partition coefficient (Wildman–Crippen LogP) is 1.15. The fraction of sp³-hybridized carbons (Fsp3) is 0.538. The molecular formula is C26H35N5O5. The molecule has 1 fully saturated rings. The minimum atomic E-state index is -0.386. The number of hydrogen-bond donors (Lipinski definition) is 1. The lowest BCUT2D eigenvalue weighted by molar-refractivity contribution is -0.133. The van der Waals surface area contributed by atoms with Crippen molar-refractivity contribution >= 4 is 11.8 Å². The van der Waals surface area contributed by atoms with Crippen LogP contribution in [-0.4, -0.2) is 113 Å². The van der Waals surface area contributed by atoms with Crippen LogP contribution < -0.4 is 4.74 Å². The van der Waals surface area contributed by atoms with Crippen molar-refractivity contribution in [2.75, 3.05) is 59.6 Å². The molecule has 10 heteroatoms. The van der Waals surface area contributed by atoms with E-state index in [4.69, 9.17) is 9.47 Å². The molecule has 1 N–H and O–H groups in total. The maximum atomic E-state index is 13.6. The van der Waals surface area contributed by atoms with E-state index < -0.39 is 0 Å². The van der Waals surface area contributed by atoms with Crippen LogP contribution in [0.1, 0.15) is 24.2 Å². The molecule has 194 valence electrons. The molecule has 2 aliphatic rings. The first-order valence-corrected chi connectivity index (χ1v) is 12.4. The zero-order valence-corrected chi connectivity index (χ0v) is 21.2. The molecule has 0 bridgehead atoms. The quantitative estimate of drug-likeness (QED) is 0.607. The van der Waals surface area contributed by atoms with E-state index in [0.717, 1.165) is 24.2 Å². The van der Waals surface area contributed by atoms with Crippen molar-refractivity contribution in [1.82, 2.24) is 24.7 Å². The van der Waals surface area contributed by atoms with Crippen LogP contribution in [0, 0.1) is 5.92 Å². The van der Waals surface area contributed by atoms with Gasteiger partial charge in [0, 0.05) is 56.8 Å². The van der Waals surface area contributed by atoms with Gasteiger partial charge >= 0.3 is 0 Å². The summed E-state index contributed by atoms with van der Waals surface area (Å²) < 4.78 is 11.7. The molecule has 10 nitrogen and oxygen atoms in total. The van der Waals surface area contributed by atoms with Gasteiger partial charge in [-0.15, -0.1) is 0 Å². The summed E-state index contributed by atoms with van der Waals surface area (Å²) in [6.45, 7) is 7.47. The molecule has 1 saturated heterocycles. The number of nitrogens with zero attached hydrogens (tertiary/aromatic N) is 5. The number of aliphatic hydroxyl groups excluding tert-OH is 1. The van der Waals surface area contributed by atoms with E-state index in [9.17, 15) is 14.7 Å². The van der Waals surface area contributed by atoms with E-state index in [0.29, 0.717) is 38.4 Å². The van der Waals surface area contributed by atoms with Gasteiger partial charge in [-0.05, 0) is 30.7 Å². The largest absolute Gasteiger partial charge is 0.472 e. The second-order valence-electron chi connectivity index (χ2n) is 9.60. The standard InChI is InChI=1S/C26H35N5O5/c1-18-14-31(19(2)17-32)26(34)22-12-21(20-4-6-27-7-5-20)13-28-25(22)36-23(18)15-29(3)24(33)16-30-8-10-35-11-9-30/h4-7,12-13,18-19,23,32H,8-11,14-17H2,1-3H3/t18-,19+,23+/m0/s1.